The van der Waals surface area contributed by atoms with Crippen molar-refractivity contribution in [3.8, 4) is 11.4 Å². The molecule has 4 aromatic rings. The van der Waals surface area contributed by atoms with Gasteiger partial charge in [0.25, 0.3) is 5.56 Å². The molecule has 0 bridgehead atoms. The zero-order valence-electron chi connectivity index (χ0n) is 14.3. The number of rotatable bonds is 3. The molecule has 0 aliphatic heterocycles. The zero-order chi connectivity index (χ0) is 19.7. The molecular formula is C21H12ClFN2O3. The molecule has 0 N–H and O–H groups in total. The van der Waals surface area contributed by atoms with Crippen LogP contribution >= 0.6 is 11.6 Å². The Hall–Kier alpha value is -3.51. The molecule has 1 heterocycles. The van der Waals surface area contributed by atoms with E-state index >= 15 is 0 Å². The maximum atomic E-state index is 14.4. The van der Waals surface area contributed by atoms with Crippen LogP contribution in [0.5, 0.6) is 0 Å². The van der Waals surface area contributed by atoms with Gasteiger partial charge in [-0.1, -0.05) is 48.0 Å². The SMILES string of the molecule is O=C(On1c(-c2ccccc2F)nc2ccccc2c1=O)c1ccccc1Cl. The van der Waals surface area contributed by atoms with Crippen LogP contribution in [0.3, 0.4) is 0 Å². The second-order valence-corrected chi connectivity index (χ2v) is 6.30. The number of fused-ring (bicyclic) bond motifs is 1. The summed E-state index contributed by atoms with van der Waals surface area (Å²) in [5.74, 6) is -1.59. The summed E-state index contributed by atoms with van der Waals surface area (Å²) < 4.78 is 15.1. The quantitative estimate of drug-likeness (QED) is 0.524. The monoisotopic (exact) mass is 394 g/mol. The Bertz CT molecular complexity index is 1270. The van der Waals surface area contributed by atoms with Crippen LogP contribution in [0.15, 0.2) is 77.6 Å². The lowest BCUT2D eigenvalue weighted by molar-refractivity contribution is 0.0449. The number of benzene rings is 3. The van der Waals surface area contributed by atoms with Gasteiger partial charge in [-0.25, -0.2) is 14.2 Å². The van der Waals surface area contributed by atoms with E-state index in [2.05, 4.69) is 4.98 Å². The third-order valence-electron chi connectivity index (χ3n) is 4.12. The summed E-state index contributed by atoms with van der Waals surface area (Å²) in [4.78, 5) is 35.2. The van der Waals surface area contributed by atoms with Gasteiger partial charge in [-0.15, -0.1) is 4.73 Å². The smallest absolute Gasteiger partial charge is 0.326 e. The molecule has 28 heavy (non-hydrogen) atoms. The number of aromatic nitrogens is 2. The average Bonchev–Trinajstić information content (AvgIpc) is 2.71. The van der Waals surface area contributed by atoms with Crippen LogP contribution in [0.2, 0.25) is 5.02 Å². The molecule has 7 heteroatoms. The third-order valence-corrected chi connectivity index (χ3v) is 4.45. The molecule has 0 aliphatic rings. The normalized spacial score (nSPS) is 10.8. The van der Waals surface area contributed by atoms with E-state index in [0.717, 1.165) is 0 Å². The van der Waals surface area contributed by atoms with E-state index in [0.29, 0.717) is 10.2 Å². The summed E-state index contributed by atoms with van der Waals surface area (Å²) in [5.41, 5.74) is -0.180. The molecule has 138 valence electrons. The highest BCUT2D eigenvalue weighted by atomic mass is 35.5. The number of para-hydroxylation sites is 1. The molecular weight excluding hydrogens is 383 g/mol. The van der Waals surface area contributed by atoms with Crippen molar-refractivity contribution in [2.45, 2.75) is 0 Å². The number of halogens is 2. The standard InChI is InChI=1S/C21H12ClFN2O3/c22-16-10-4-1-7-13(16)21(27)28-25-19(14-8-2-5-11-17(14)23)24-18-12-6-3-9-15(18)20(25)26/h1-12H. The van der Waals surface area contributed by atoms with E-state index < -0.39 is 17.3 Å². The van der Waals surface area contributed by atoms with Crippen LogP contribution in [0, 0.1) is 5.82 Å². The number of carbonyl (C=O) groups excluding carboxylic acids is 1. The Labute approximate surface area is 163 Å². The minimum Gasteiger partial charge on any atom is -0.326 e. The molecule has 0 saturated carbocycles. The van der Waals surface area contributed by atoms with Crippen LogP contribution in [0.4, 0.5) is 4.39 Å². The van der Waals surface area contributed by atoms with Crippen LogP contribution < -0.4 is 10.4 Å². The third kappa shape index (κ3) is 3.14. The Morgan fingerprint density at radius 2 is 1.64 bits per heavy atom. The first-order valence-corrected chi connectivity index (χ1v) is 8.68. The molecule has 0 atom stereocenters. The first kappa shape index (κ1) is 17.9. The van der Waals surface area contributed by atoms with Crippen molar-refractivity contribution in [1.82, 2.24) is 9.71 Å². The van der Waals surface area contributed by atoms with Crippen molar-refractivity contribution in [3.05, 3.63) is 99.6 Å². The number of hydrogen-bond acceptors (Lipinski definition) is 4. The van der Waals surface area contributed by atoms with Crippen LogP contribution in [-0.2, 0) is 0 Å². The molecule has 0 fully saturated rings. The van der Waals surface area contributed by atoms with E-state index in [1.165, 1.54) is 30.3 Å². The summed E-state index contributed by atoms with van der Waals surface area (Å²) in [5, 5.41) is 0.399. The van der Waals surface area contributed by atoms with Crippen molar-refractivity contribution in [2.75, 3.05) is 0 Å². The fourth-order valence-corrected chi connectivity index (χ4v) is 2.99. The number of hydrogen-bond donors (Lipinski definition) is 0. The first-order chi connectivity index (χ1) is 13.6. The predicted molar refractivity (Wildman–Crippen MR) is 104 cm³/mol. The lowest BCUT2D eigenvalue weighted by atomic mass is 10.2. The Balaban J connectivity index is 1.94. The highest BCUT2D eigenvalue weighted by molar-refractivity contribution is 6.33. The molecule has 0 radical (unpaired) electrons. The summed E-state index contributed by atoms with van der Waals surface area (Å²) in [6.45, 7) is 0. The molecule has 0 amide bonds. The van der Waals surface area contributed by atoms with Crippen LogP contribution in [0.1, 0.15) is 10.4 Å². The van der Waals surface area contributed by atoms with Crippen molar-refractivity contribution in [1.29, 1.82) is 0 Å². The van der Waals surface area contributed by atoms with Gasteiger partial charge < -0.3 is 4.84 Å². The van der Waals surface area contributed by atoms with Gasteiger partial charge in [-0.3, -0.25) is 4.79 Å². The maximum absolute atomic E-state index is 14.4. The van der Waals surface area contributed by atoms with Crippen LogP contribution in [-0.4, -0.2) is 15.7 Å². The maximum Gasteiger partial charge on any atom is 0.365 e. The van der Waals surface area contributed by atoms with Crippen LogP contribution in [0.25, 0.3) is 22.3 Å². The minimum absolute atomic E-state index is 0.0253. The molecule has 0 aliphatic carbocycles. The van der Waals surface area contributed by atoms with Gasteiger partial charge in [0.1, 0.15) is 5.82 Å². The zero-order valence-corrected chi connectivity index (χ0v) is 15.1. The van der Waals surface area contributed by atoms with Gasteiger partial charge in [0.2, 0.25) is 0 Å². The van der Waals surface area contributed by atoms with Gasteiger partial charge >= 0.3 is 5.97 Å². The molecule has 0 unspecified atom stereocenters. The summed E-state index contributed by atoms with van der Waals surface area (Å²) in [6, 6.07) is 18.6. The highest BCUT2D eigenvalue weighted by Crippen LogP contribution is 2.22. The van der Waals surface area contributed by atoms with Crippen molar-refractivity contribution < 1.29 is 14.0 Å². The predicted octanol–water partition coefficient (Wildman–Crippen LogP) is 4.13. The minimum atomic E-state index is -0.859. The van der Waals surface area contributed by atoms with Gasteiger partial charge in [0.15, 0.2) is 5.82 Å². The fourth-order valence-electron chi connectivity index (χ4n) is 2.77. The summed E-state index contributed by atoms with van der Waals surface area (Å²) >= 11 is 6.04. The lowest BCUT2D eigenvalue weighted by Crippen LogP contribution is -2.33. The summed E-state index contributed by atoms with van der Waals surface area (Å²) in [7, 11) is 0. The van der Waals surface area contributed by atoms with E-state index in [-0.39, 0.29) is 27.4 Å². The van der Waals surface area contributed by atoms with Crippen molar-refractivity contribution >= 4 is 28.5 Å². The Morgan fingerprint density at radius 3 is 2.43 bits per heavy atom. The van der Waals surface area contributed by atoms with E-state index in [4.69, 9.17) is 16.4 Å². The summed E-state index contributed by atoms with van der Waals surface area (Å²) in [6.07, 6.45) is 0. The van der Waals surface area contributed by atoms with E-state index in [1.807, 2.05) is 0 Å². The second kappa shape index (κ2) is 7.25. The number of nitrogens with zero attached hydrogens (tertiary/aromatic N) is 2. The second-order valence-electron chi connectivity index (χ2n) is 5.89. The van der Waals surface area contributed by atoms with Gasteiger partial charge in [0, 0.05) is 0 Å². The highest BCUT2D eigenvalue weighted by Gasteiger charge is 2.20. The van der Waals surface area contributed by atoms with Crippen molar-refractivity contribution in [2.24, 2.45) is 0 Å². The Kier molecular flexibility index (Phi) is 4.63. The lowest BCUT2D eigenvalue weighted by Gasteiger charge is -2.13. The van der Waals surface area contributed by atoms with E-state index in [9.17, 15) is 14.0 Å². The first-order valence-electron chi connectivity index (χ1n) is 8.30. The van der Waals surface area contributed by atoms with Crippen molar-refractivity contribution in [3.63, 3.8) is 0 Å². The van der Waals surface area contributed by atoms with Gasteiger partial charge in [-0.05, 0) is 36.4 Å². The van der Waals surface area contributed by atoms with Gasteiger partial charge in [-0.2, -0.15) is 0 Å². The van der Waals surface area contributed by atoms with E-state index in [1.54, 1.807) is 42.5 Å². The largest absolute Gasteiger partial charge is 0.365 e. The average molecular weight is 395 g/mol. The molecule has 3 aromatic carbocycles. The van der Waals surface area contributed by atoms with Gasteiger partial charge in [0.05, 0.1) is 27.1 Å². The molecule has 5 nitrogen and oxygen atoms in total. The molecule has 1 aromatic heterocycles. The molecule has 0 spiro atoms. The topological polar surface area (TPSA) is 61.2 Å². The fraction of sp³-hybridized carbons (Fsp3) is 0. The Morgan fingerprint density at radius 1 is 0.964 bits per heavy atom. The number of carbonyl (C=O) groups is 1. The molecule has 4 rings (SSSR count). The molecule has 0 saturated heterocycles.